The van der Waals surface area contributed by atoms with Gasteiger partial charge in [0, 0.05) is 0 Å². The van der Waals surface area contributed by atoms with E-state index in [1.807, 2.05) is 6.07 Å². The summed E-state index contributed by atoms with van der Waals surface area (Å²) in [6.45, 7) is 2.13. The fourth-order valence-electron chi connectivity index (χ4n) is 2.51. The molecule has 0 heterocycles. The molecule has 0 aliphatic rings. The molecule has 2 nitrogen and oxygen atoms in total. The molecular formula is C17H22N2. The van der Waals surface area contributed by atoms with E-state index in [1.54, 1.807) is 0 Å². The molecule has 4 N–H and O–H groups in total. The van der Waals surface area contributed by atoms with Gasteiger partial charge in [-0.3, -0.25) is 0 Å². The summed E-state index contributed by atoms with van der Waals surface area (Å²) in [6, 6.07) is 14.6. The number of rotatable bonds is 5. The number of nitrogen functional groups attached to an aromatic ring is 2. The summed E-state index contributed by atoms with van der Waals surface area (Å²) in [7, 11) is 0. The normalized spacial score (nSPS) is 10.6. The van der Waals surface area contributed by atoms with Crippen molar-refractivity contribution in [1.29, 1.82) is 0 Å². The summed E-state index contributed by atoms with van der Waals surface area (Å²) in [5.41, 5.74) is 17.3. The van der Waals surface area contributed by atoms with Gasteiger partial charge >= 0.3 is 0 Å². The Morgan fingerprint density at radius 2 is 1.63 bits per heavy atom. The molecule has 0 radical (unpaired) electrons. The summed E-state index contributed by atoms with van der Waals surface area (Å²) >= 11 is 0. The molecule has 0 aliphatic heterocycles. The van der Waals surface area contributed by atoms with Crippen LogP contribution in [0, 0.1) is 0 Å². The van der Waals surface area contributed by atoms with Crippen LogP contribution >= 0.6 is 0 Å². The molecule has 2 aromatic rings. The van der Waals surface area contributed by atoms with Crippen LogP contribution in [0.25, 0.3) is 0 Å². The van der Waals surface area contributed by atoms with Gasteiger partial charge in [0.05, 0.1) is 11.4 Å². The molecule has 2 rings (SSSR count). The van der Waals surface area contributed by atoms with Gasteiger partial charge in [-0.05, 0) is 48.4 Å². The standard InChI is InChI=1S/C17H22N2/c1-2-15-14(11-12-16(18)17(15)19)10-6-9-13-7-4-3-5-8-13/h3-5,7-8,11-12H,2,6,9-10,18-19H2,1H3. The lowest BCUT2D eigenvalue weighted by molar-refractivity contribution is 0.812. The van der Waals surface area contributed by atoms with Crippen molar-refractivity contribution in [2.24, 2.45) is 0 Å². The topological polar surface area (TPSA) is 52.0 Å². The quantitative estimate of drug-likeness (QED) is 0.801. The van der Waals surface area contributed by atoms with Crippen molar-refractivity contribution in [2.45, 2.75) is 32.6 Å². The zero-order valence-corrected chi connectivity index (χ0v) is 11.5. The van der Waals surface area contributed by atoms with E-state index >= 15 is 0 Å². The minimum atomic E-state index is 0.698. The van der Waals surface area contributed by atoms with Crippen LogP contribution in [0.5, 0.6) is 0 Å². The Bertz CT molecular complexity index is 532. The maximum atomic E-state index is 6.05. The first-order valence-corrected chi connectivity index (χ1v) is 6.92. The van der Waals surface area contributed by atoms with E-state index in [-0.39, 0.29) is 0 Å². The largest absolute Gasteiger partial charge is 0.397 e. The second-order valence-corrected chi connectivity index (χ2v) is 4.90. The van der Waals surface area contributed by atoms with Gasteiger partial charge in [-0.15, -0.1) is 0 Å². The van der Waals surface area contributed by atoms with Gasteiger partial charge in [-0.1, -0.05) is 43.3 Å². The Balaban J connectivity index is 2.02. The van der Waals surface area contributed by atoms with E-state index in [4.69, 9.17) is 11.5 Å². The minimum Gasteiger partial charge on any atom is -0.397 e. The third-order valence-corrected chi connectivity index (χ3v) is 3.60. The Morgan fingerprint density at radius 3 is 2.32 bits per heavy atom. The highest BCUT2D eigenvalue weighted by molar-refractivity contribution is 5.69. The Labute approximate surface area is 115 Å². The third-order valence-electron chi connectivity index (χ3n) is 3.60. The van der Waals surface area contributed by atoms with Crippen LogP contribution in [0.1, 0.15) is 30.0 Å². The average Bonchev–Trinajstić information content (AvgIpc) is 2.44. The Hall–Kier alpha value is -1.96. The molecule has 0 spiro atoms. The number of benzene rings is 2. The van der Waals surface area contributed by atoms with Gasteiger partial charge in [-0.25, -0.2) is 0 Å². The molecule has 2 heteroatoms. The molecule has 0 aromatic heterocycles. The van der Waals surface area contributed by atoms with Crippen molar-refractivity contribution >= 4 is 11.4 Å². The van der Waals surface area contributed by atoms with Gasteiger partial charge in [0.2, 0.25) is 0 Å². The van der Waals surface area contributed by atoms with Crippen LogP contribution in [0.2, 0.25) is 0 Å². The highest BCUT2D eigenvalue weighted by Crippen LogP contribution is 2.25. The zero-order chi connectivity index (χ0) is 13.7. The first kappa shape index (κ1) is 13.5. The van der Waals surface area contributed by atoms with Crippen LogP contribution < -0.4 is 11.5 Å². The second kappa shape index (κ2) is 6.28. The van der Waals surface area contributed by atoms with Gasteiger partial charge in [-0.2, -0.15) is 0 Å². The lowest BCUT2D eigenvalue weighted by Gasteiger charge is -2.13. The van der Waals surface area contributed by atoms with E-state index in [0.29, 0.717) is 5.69 Å². The van der Waals surface area contributed by atoms with Crippen molar-refractivity contribution in [2.75, 3.05) is 11.5 Å². The maximum Gasteiger partial charge on any atom is 0.0582 e. The van der Waals surface area contributed by atoms with E-state index in [9.17, 15) is 0 Å². The Morgan fingerprint density at radius 1 is 0.895 bits per heavy atom. The number of hydrogen-bond donors (Lipinski definition) is 2. The van der Waals surface area contributed by atoms with E-state index in [1.165, 1.54) is 16.7 Å². The molecule has 0 bridgehead atoms. The lowest BCUT2D eigenvalue weighted by atomic mass is 9.96. The monoisotopic (exact) mass is 254 g/mol. The van der Waals surface area contributed by atoms with E-state index in [0.717, 1.165) is 31.4 Å². The highest BCUT2D eigenvalue weighted by Gasteiger charge is 2.07. The smallest absolute Gasteiger partial charge is 0.0582 e. The van der Waals surface area contributed by atoms with Crippen LogP contribution in [-0.2, 0) is 19.3 Å². The molecule has 0 saturated heterocycles. The lowest BCUT2D eigenvalue weighted by Crippen LogP contribution is -2.04. The number of aryl methyl sites for hydroxylation is 2. The third kappa shape index (κ3) is 3.28. The first-order valence-electron chi connectivity index (χ1n) is 6.92. The molecule has 100 valence electrons. The molecule has 0 fully saturated rings. The van der Waals surface area contributed by atoms with Gasteiger partial charge in [0.1, 0.15) is 0 Å². The summed E-state index contributed by atoms with van der Waals surface area (Å²) < 4.78 is 0. The number of nitrogens with two attached hydrogens (primary N) is 2. The average molecular weight is 254 g/mol. The minimum absolute atomic E-state index is 0.698. The van der Waals surface area contributed by atoms with Crippen molar-refractivity contribution in [3.8, 4) is 0 Å². The summed E-state index contributed by atoms with van der Waals surface area (Å²) in [4.78, 5) is 0. The predicted molar refractivity (Wildman–Crippen MR) is 83.1 cm³/mol. The van der Waals surface area contributed by atoms with Gasteiger partial charge in [0.25, 0.3) is 0 Å². The highest BCUT2D eigenvalue weighted by atomic mass is 14.7. The van der Waals surface area contributed by atoms with E-state index < -0.39 is 0 Å². The van der Waals surface area contributed by atoms with Crippen LogP contribution in [0.15, 0.2) is 42.5 Å². The fraction of sp³-hybridized carbons (Fsp3) is 0.294. The van der Waals surface area contributed by atoms with Crippen molar-refractivity contribution in [3.05, 3.63) is 59.2 Å². The predicted octanol–water partition coefficient (Wildman–Crippen LogP) is 3.59. The Kier molecular flexibility index (Phi) is 4.45. The molecule has 0 unspecified atom stereocenters. The van der Waals surface area contributed by atoms with Crippen LogP contribution in [0.4, 0.5) is 11.4 Å². The second-order valence-electron chi connectivity index (χ2n) is 4.90. The molecule has 0 atom stereocenters. The van der Waals surface area contributed by atoms with Crippen molar-refractivity contribution in [3.63, 3.8) is 0 Å². The van der Waals surface area contributed by atoms with Crippen LogP contribution in [-0.4, -0.2) is 0 Å². The molecule has 0 aliphatic carbocycles. The van der Waals surface area contributed by atoms with Crippen LogP contribution in [0.3, 0.4) is 0 Å². The molecule has 0 saturated carbocycles. The number of anilines is 2. The van der Waals surface area contributed by atoms with Crippen molar-refractivity contribution < 1.29 is 0 Å². The fourth-order valence-corrected chi connectivity index (χ4v) is 2.51. The van der Waals surface area contributed by atoms with E-state index in [2.05, 4.69) is 43.3 Å². The SMILES string of the molecule is CCc1c(CCCc2ccccc2)ccc(N)c1N. The summed E-state index contributed by atoms with van der Waals surface area (Å²) in [5, 5.41) is 0. The van der Waals surface area contributed by atoms with Gasteiger partial charge in [0.15, 0.2) is 0 Å². The molecule has 2 aromatic carbocycles. The summed E-state index contributed by atoms with van der Waals surface area (Å²) in [6.07, 6.45) is 4.24. The summed E-state index contributed by atoms with van der Waals surface area (Å²) in [5.74, 6) is 0. The molecular weight excluding hydrogens is 232 g/mol. The van der Waals surface area contributed by atoms with Crippen molar-refractivity contribution in [1.82, 2.24) is 0 Å². The number of hydrogen-bond acceptors (Lipinski definition) is 2. The molecule has 19 heavy (non-hydrogen) atoms. The zero-order valence-electron chi connectivity index (χ0n) is 11.5. The molecule has 0 amide bonds. The first-order chi connectivity index (χ1) is 9.22. The maximum absolute atomic E-state index is 6.05. The van der Waals surface area contributed by atoms with Gasteiger partial charge < -0.3 is 11.5 Å².